The minimum absolute atomic E-state index is 0.547. The van der Waals surface area contributed by atoms with E-state index in [1.165, 1.54) is 5.56 Å². The van der Waals surface area contributed by atoms with E-state index in [9.17, 15) is 0 Å². The lowest BCUT2D eigenvalue weighted by molar-refractivity contribution is 0.867. The van der Waals surface area contributed by atoms with E-state index in [1.807, 2.05) is 31.3 Å². The van der Waals surface area contributed by atoms with Crippen LogP contribution in [0.15, 0.2) is 48.7 Å². The van der Waals surface area contributed by atoms with Crippen LogP contribution in [0.1, 0.15) is 32.3 Å². The molecule has 0 radical (unpaired) electrons. The normalized spacial score (nSPS) is 12.5. The van der Waals surface area contributed by atoms with Crippen LogP contribution in [0.4, 0.5) is 0 Å². The highest BCUT2D eigenvalue weighted by Gasteiger charge is 2.03. The van der Waals surface area contributed by atoms with Crippen LogP contribution in [0.5, 0.6) is 0 Å². The second kappa shape index (κ2) is 6.33. The van der Waals surface area contributed by atoms with Gasteiger partial charge in [-0.05, 0) is 29.7 Å². The van der Waals surface area contributed by atoms with Gasteiger partial charge in [0.15, 0.2) is 0 Å². The standard InChI is InChI=1S/C19H21N/c1-5-6-7-18-15(4)12-13-20-19(18)17-10-8-16(9-11-17)14(2)3/h5-14H,4H2,1-3H3/b6-5-,18-7+. The van der Waals surface area contributed by atoms with E-state index in [-0.39, 0.29) is 0 Å². The van der Waals surface area contributed by atoms with Crippen LogP contribution in [0, 0.1) is 0 Å². The van der Waals surface area contributed by atoms with Gasteiger partial charge < -0.3 is 0 Å². The van der Waals surface area contributed by atoms with Crippen molar-refractivity contribution in [1.29, 1.82) is 0 Å². The van der Waals surface area contributed by atoms with Crippen molar-refractivity contribution < 1.29 is 0 Å². The van der Waals surface area contributed by atoms with Crippen molar-refractivity contribution in [3.8, 4) is 11.3 Å². The fourth-order valence-electron chi connectivity index (χ4n) is 2.15. The van der Waals surface area contributed by atoms with E-state index >= 15 is 0 Å². The maximum Gasteiger partial charge on any atom is 0.0780 e. The fourth-order valence-corrected chi connectivity index (χ4v) is 2.15. The van der Waals surface area contributed by atoms with Crippen LogP contribution >= 0.6 is 0 Å². The molecule has 2 rings (SSSR count). The maximum atomic E-state index is 4.53. The van der Waals surface area contributed by atoms with E-state index in [4.69, 9.17) is 0 Å². The molecule has 0 unspecified atom stereocenters. The number of rotatable bonds is 3. The van der Waals surface area contributed by atoms with Crippen LogP contribution in [0.3, 0.4) is 0 Å². The molecule has 0 aliphatic rings. The van der Waals surface area contributed by atoms with Gasteiger partial charge in [-0.2, -0.15) is 0 Å². The number of hydrogen-bond donors (Lipinski definition) is 0. The summed E-state index contributed by atoms with van der Waals surface area (Å²) in [5.74, 6) is 0.547. The zero-order valence-corrected chi connectivity index (χ0v) is 12.4. The molecular formula is C19H21N. The summed E-state index contributed by atoms with van der Waals surface area (Å²) in [6, 6.07) is 10.6. The first-order valence-corrected chi connectivity index (χ1v) is 7.00. The van der Waals surface area contributed by atoms with Crippen molar-refractivity contribution >= 4 is 12.7 Å². The third-order valence-electron chi connectivity index (χ3n) is 3.39. The number of pyridine rings is 1. The van der Waals surface area contributed by atoms with Gasteiger partial charge in [-0.15, -0.1) is 0 Å². The molecule has 102 valence electrons. The SMILES string of the molecule is C=c1ccnc(-c2ccc(C(C)C)cc2)/c1=C/C=C\C. The van der Waals surface area contributed by atoms with Crippen molar-refractivity contribution in [1.82, 2.24) is 4.98 Å². The molecule has 20 heavy (non-hydrogen) atoms. The van der Waals surface area contributed by atoms with Gasteiger partial charge in [0.05, 0.1) is 5.69 Å². The number of nitrogens with zero attached hydrogens (tertiary/aromatic N) is 1. The highest BCUT2D eigenvalue weighted by atomic mass is 14.7. The van der Waals surface area contributed by atoms with Gasteiger partial charge >= 0.3 is 0 Å². The molecule has 0 bridgehead atoms. The summed E-state index contributed by atoms with van der Waals surface area (Å²) in [4.78, 5) is 4.53. The molecule has 0 aliphatic heterocycles. The number of allylic oxidation sites excluding steroid dienone is 2. The summed E-state index contributed by atoms with van der Waals surface area (Å²) in [7, 11) is 0. The van der Waals surface area contributed by atoms with E-state index in [1.54, 1.807) is 0 Å². The van der Waals surface area contributed by atoms with Crippen LogP contribution < -0.4 is 10.4 Å². The van der Waals surface area contributed by atoms with Gasteiger partial charge in [-0.1, -0.05) is 62.9 Å². The molecule has 1 nitrogen and oxygen atoms in total. The average molecular weight is 263 g/mol. The Labute approximate surface area is 121 Å². The molecule has 0 spiro atoms. The van der Waals surface area contributed by atoms with Crippen LogP contribution in [-0.4, -0.2) is 4.98 Å². The highest BCUT2D eigenvalue weighted by molar-refractivity contribution is 5.63. The number of aromatic nitrogens is 1. The molecular weight excluding hydrogens is 242 g/mol. The summed E-state index contributed by atoms with van der Waals surface area (Å²) in [6.07, 6.45) is 7.93. The first-order valence-electron chi connectivity index (χ1n) is 7.00. The summed E-state index contributed by atoms with van der Waals surface area (Å²) < 4.78 is 0. The average Bonchev–Trinajstić information content (AvgIpc) is 2.46. The Morgan fingerprint density at radius 1 is 1.10 bits per heavy atom. The summed E-state index contributed by atoms with van der Waals surface area (Å²) >= 11 is 0. The fraction of sp³-hybridized carbons (Fsp3) is 0.211. The molecule has 1 aromatic carbocycles. The third-order valence-corrected chi connectivity index (χ3v) is 3.39. The predicted octanol–water partition coefficient (Wildman–Crippen LogP) is 3.64. The van der Waals surface area contributed by atoms with E-state index in [0.29, 0.717) is 5.92 Å². The molecule has 1 aromatic heterocycles. The van der Waals surface area contributed by atoms with Gasteiger partial charge in [-0.3, -0.25) is 4.98 Å². The van der Waals surface area contributed by atoms with Crippen molar-refractivity contribution in [2.75, 3.05) is 0 Å². The maximum absolute atomic E-state index is 4.53. The van der Waals surface area contributed by atoms with Crippen LogP contribution in [-0.2, 0) is 0 Å². The first-order chi connectivity index (χ1) is 9.63. The van der Waals surface area contributed by atoms with Crippen molar-refractivity contribution in [2.45, 2.75) is 26.7 Å². The zero-order valence-electron chi connectivity index (χ0n) is 12.4. The molecule has 0 N–H and O–H groups in total. The molecule has 0 saturated carbocycles. The van der Waals surface area contributed by atoms with Gasteiger partial charge in [0, 0.05) is 17.0 Å². The van der Waals surface area contributed by atoms with Gasteiger partial charge in [0.25, 0.3) is 0 Å². The largest absolute Gasteiger partial charge is 0.256 e. The van der Waals surface area contributed by atoms with Crippen LogP contribution in [0.2, 0.25) is 0 Å². The Balaban J connectivity index is 2.58. The second-order valence-corrected chi connectivity index (χ2v) is 5.20. The Bertz CT molecular complexity index is 706. The van der Waals surface area contributed by atoms with Gasteiger partial charge in [-0.25, -0.2) is 0 Å². The molecule has 1 heterocycles. The molecule has 0 amide bonds. The lowest BCUT2D eigenvalue weighted by Gasteiger charge is -2.07. The third kappa shape index (κ3) is 3.05. The monoisotopic (exact) mass is 263 g/mol. The smallest absolute Gasteiger partial charge is 0.0780 e. The molecule has 0 aliphatic carbocycles. The first kappa shape index (κ1) is 14.3. The summed E-state index contributed by atoms with van der Waals surface area (Å²) in [6.45, 7) is 10.5. The Morgan fingerprint density at radius 3 is 2.40 bits per heavy atom. The quantitative estimate of drug-likeness (QED) is 0.824. The molecule has 0 fully saturated rings. The molecule has 0 atom stereocenters. The van der Waals surface area contributed by atoms with E-state index in [2.05, 4.69) is 55.8 Å². The second-order valence-electron chi connectivity index (χ2n) is 5.20. The van der Waals surface area contributed by atoms with Crippen molar-refractivity contribution in [2.24, 2.45) is 0 Å². The Hall–Kier alpha value is -2.15. The minimum Gasteiger partial charge on any atom is -0.256 e. The number of benzene rings is 1. The van der Waals surface area contributed by atoms with Crippen LogP contribution in [0.25, 0.3) is 23.9 Å². The topological polar surface area (TPSA) is 12.9 Å². The number of hydrogen-bond acceptors (Lipinski definition) is 1. The molecule has 2 aromatic rings. The van der Waals surface area contributed by atoms with E-state index in [0.717, 1.165) is 21.7 Å². The summed E-state index contributed by atoms with van der Waals surface area (Å²) in [5, 5.41) is 2.09. The zero-order chi connectivity index (χ0) is 14.5. The Kier molecular flexibility index (Phi) is 4.52. The lowest BCUT2D eigenvalue weighted by atomic mass is 10.00. The summed E-state index contributed by atoms with van der Waals surface area (Å²) in [5.41, 5.74) is 3.47. The highest BCUT2D eigenvalue weighted by Crippen LogP contribution is 2.18. The molecule has 0 saturated heterocycles. The lowest BCUT2D eigenvalue weighted by Crippen LogP contribution is -2.26. The van der Waals surface area contributed by atoms with E-state index < -0.39 is 0 Å². The minimum atomic E-state index is 0.547. The predicted molar refractivity (Wildman–Crippen MR) is 87.8 cm³/mol. The van der Waals surface area contributed by atoms with Gasteiger partial charge in [0.2, 0.25) is 0 Å². The Morgan fingerprint density at radius 2 is 1.80 bits per heavy atom. The molecule has 1 heteroatoms. The van der Waals surface area contributed by atoms with Crippen molar-refractivity contribution in [3.63, 3.8) is 0 Å². The van der Waals surface area contributed by atoms with Crippen molar-refractivity contribution in [3.05, 3.63) is 64.7 Å². The van der Waals surface area contributed by atoms with Gasteiger partial charge in [0.1, 0.15) is 0 Å².